The van der Waals surface area contributed by atoms with Crippen LogP contribution in [-0.4, -0.2) is 69.9 Å². The fourth-order valence-electron chi connectivity index (χ4n) is 2.26. The zero-order valence-electron chi connectivity index (χ0n) is 13.7. The lowest BCUT2D eigenvalue weighted by atomic mass is 10.2. The van der Waals surface area contributed by atoms with Crippen molar-refractivity contribution in [2.75, 3.05) is 53.0 Å². The molecule has 0 saturated carbocycles. The van der Waals surface area contributed by atoms with Crippen LogP contribution >= 0.6 is 0 Å². The SMILES string of the molecule is COC(=O)CCCCCNC(N)=NCCCN1CCOCC1. The zero-order valence-corrected chi connectivity index (χ0v) is 13.7. The predicted octanol–water partition coefficient (Wildman–Crippen LogP) is 0.346. The molecule has 0 aromatic heterocycles. The van der Waals surface area contributed by atoms with Crippen LogP contribution < -0.4 is 11.1 Å². The van der Waals surface area contributed by atoms with Gasteiger partial charge in [-0.15, -0.1) is 0 Å². The van der Waals surface area contributed by atoms with Crippen LogP contribution in [0.3, 0.4) is 0 Å². The van der Waals surface area contributed by atoms with Crippen molar-refractivity contribution in [3.8, 4) is 0 Å². The Hall–Kier alpha value is -1.34. The van der Waals surface area contributed by atoms with E-state index < -0.39 is 0 Å². The van der Waals surface area contributed by atoms with Crippen LogP contribution in [0.5, 0.6) is 0 Å². The second-order valence-corrected chi connectivity index (χ2v) is 5.39. The van der Waals surface area contributed by atoms with E-state index in [2.05, 4.69) is 19.9 Å². The van der Waals surface area contributed by atoms with Crippen LogP contribution in [0.4, 0.5) is 0 Å². The molecular formula is C15H30N4O3. The number of carbonyl (C=O) groups excluding carboxylic acids is 1. The van der Waals surface area contributed by atoms with Crippen LogP contribution in [-0.2, 0) is 14.3 Å². The van der Waals surface area contributed by atoms with Gasteiger partial charge >= 0.3 is 5.97 Å². The maximum atomic E-state index is 10.9. The Labute approximate surface area is 133 Å². The summed E-state index contributed by atoms with van der Waals surface area (Å²) in [7, 11) is 1.42. The van der Waals surface area contributed by atoms with E-state index in [4.69, 9.17) is 10.5 Å². The molecule has 7 heteroatoms. The first-order valence-electron chi connectivity index (χ1n) is 8.13. The number of morpholine rings is 1. The van der Waals surface area contributed by atoms with Gasteiger partial charge in [0.1, 0.15) is 0 Å². The highest BCUT2D eigenvalue weighted by Crippen LogP contribution is 2.00. The van der Waals surface area contributed by atoms with Crippen LogP contribution in [0.15, 0.2) is 4.99 Å². The molecule has 0 aliphatic carbocycles. The molecule has 1 fully saturated rings. The van der Waals surface area contributed by atoms with Gasteiger partial charge in [-0.2, -0.15) is 0 Å². The Morgan fingerprint density at radius 2 is 2.05 bits per heavy atom. The van der Waals surface area contributed by atoms with Crippen LogP contribution in [0.2, 0.25) is 0 Å². The van der Waals surface area contributed by atoms with Gasteiger partial charge in [0, 0.05) is 39.1 Å². The number of guanidine groups is 1. The van der Waals surface area contributed by atoms with Gasteiger partial charge < -0.3 is 20.5 Å². The molecule has 1 rings (SSSR count). The summed E-state index contributed by atoms with van der Waals surface area (Å²) in [5.74, 6) is 0.365. The first kappa shape index (κ1) is 18.7. The summed E-state index contributed by atoms with van der Waals surface area (Å²) in [5, 5.41) is 3.10. The van der Waals surface area contributed by atoms with Gasteiger partial charge in [-0.1, -0.05) is 6.42 Å². The number of esters is 1. The molecule has 1 saturated heterocycles. The third-order valence-corrected chi connectivity index (χ3v) is 3.61. The lowest BCUT2D eigenvalue weighted by Gasteiger charge is -2.26. The van der Waals surface area contributed by atoms with Gasteiger partial charge in [0.05, 0.1) is 20.3 Å². The number of unbranched alkanes of at least 4 members (excludes halogenated alkanes) is 2. The molecular weight excluding hydrogens is 284 g/mol. The van der Waals surface area contributed by atoms with Crippen molar-refractivity contribution >= 4 is 11.9 Å². The third-order valence-electron chi connectivity index (χ3n) is 3.61. The highest BCUT2D eigenvalue weighted by atomic mass is 16.5. The summed E-state index contributed by atoms with van der Waals surface area (Å²) in [4.78, 5) is 17.6. The third kappa shape index (κ3) is 9.57. The molecule has 0 atom stereocenters. The fraction of sp³-hybridized carbons (Fsp3) is 0.867. The number of ether oxygens (including phenoxy) is 2. The standard InChI is InChI=1S/C15H30N4O3/c1-21-14(20)6-3-2-4-7-17-15(16)18-8-5-9-19-10-12-22-13-11-19/h2-13H2,1H3,(H3,16,17,18). The normalized spacial score (nSPS) is 16.5. The number of nitrogens with two attached hydrogens (primary N) is 1. The molecule has 7 nitrogen and oxygen atoms in total. The Balaban J connectivity index is 1.93. The average Bonchev–Trinajstić information content (AvgIpc) is 2.55. The largest absolute Gasteiger partial charge is 0.469 e. The van der Waals surface area contributed by atoms with Crippen molar-refractivity contribution in [2.45, 2.75) is 32.1 Å². The number of rotatable bonds is 10. The molecule has 0 unspecified atom stereocenters. The van der Waals surface area contributed by atoms with E-state index >= 15 is 0 Å². The van der Waals surface area contributed by atoms with Gasteiger partial charge in [0.15, 0.2) is 5.96 Å². The second-order valence-electron chi connectivity index (χ2n) is 5.39. The van der Waals surface area contributed by atoms with Gasteiger partial charge in [0.2, 0.25) is 0 Å². The van der Waals surface area contributed by atoms with Crippen molar-refractivity contribution in [1.29, 1.82) is 0 Å². The maximum absolute atomic E-state index is 10.9. The maximum Gasteiger partial charge on any atom is 0.305 e. The number of aliphatic imine (C=N–C) groups is 1. The molecule has 0 aromatic rings. The molecule has 0 aromatic carbocycles. The first-order valence-corrected chi connectivity index (χ1v) is 8.13. The minimum Gasteiger partial charge on any atom is -0.469 e. The topological polar surface area (TPSA) is 89.2 Å². The van der Waals surface area contributed by atoms with Gasteiger partial charge in [-0.05, 0) is 19.3 Å². The molecule has 1 heterocycles. The minimum absolute atomic E-state index is 0.144. The lowest BCUT2D eigenvalue weighted by Crippen LogP contribution is -2.37. The minimum atomic E-state index is -0.144. The first-order chi connectivity index (χ1) is 10.7. The summed E-state index contributed by atoms with van der Waals surface area (Å²) in [6.45, 7) is 6.30. The van der Waals surface area contributed by atoms with Crippen molar-refractivity contribution in [3.63, 3.8) is 0 Å². The molecule has 1 aliphatic heterocycles. The molecule has 0 amide bonds. The van der Waals surface area contributed by atoms with E-state index in [0.29, 0.717) is 12.4 Å². The van der Waals surface area contributed by atoms with Gasteiger partial charge in [-0.25, -0.2) is 0 Å². The van der Waals surface area contributed by atoms with E-state index in [1.165, 1.54) is 7.11 Å². The molecule has 0 bridgehead atoms. The number of methoxy groups -OCH3 is 1. The summed E-state index contributed by atoms with van der Waals surface area (Å²) in [5.41, 5.74) is 5.81. The second kappa shape index (κ2) is 12.2. The van der Waals surface area contributed by atoms with Crippen molar-refractivity contribution < 1.29 is 14.3 Å². The summed E-state index contributed by atoms with van der Waals surface area (Å²) >= 11 is 0. The van der Waals surface area contributed by atoms with E-state index in [9.17, 15) is 4.79 Å². The summed E-state index contributed by atoms with van der Waals surface area (Å²) in [6, 6.07) is 0. The Kier molecular flexibility index (Phi) is 10.4. The Morgan fingerprint density at radius 3 is 2.77 bits per heavy atom. The summed E-state index contributed by atoms with van der Waals surface area (Å²) < 4.78 is 9.90. The average molecular weight is 314 g/mol. The fourth-order valence-corrected chi connectivity index (χ4v) is 2.26. The monoisotopic (exact) mass is 314 g/mol. The Morgan fingerprint density at radius 1 is 1.27 bits per heavy atom. The van der Waals surface area contributed by atoms with E-state index in [1.807, 2.05) is 0 Å². The van der Waals surface area contributed by atoms with Crippen molar-refractivity contribution in [3.05, 3.63) is 0 Å². The van der Waals surface area contributed by atoms with Crippen LogP contribution in [0.1, 0.15) is 32.1 Å². The number of nitrogens with one attached hydrogen (secondary N) is 1. The quantitative estimate of drug-likeness (QED) is 0.262. The zero-order chi connectivity index (χ0) is 16.0. The molecule has 22 heavy (non-hydrogen) atoms. The molecule has 128 valence electrons. The molecule has 0 spiro atoms. The van der Waals surface area contributed by atoms with Crippen molar-refractivity contribution in [2.24, 2.45) is 10.7 Å². The van der Waals surface area contributed by atoms with Crippen LogP contribution in [0.25, 0.3) is 0 Å². The molecule has 1 aliphatic rings. The predicted molar refractivity (Wildman–Crippen MR) is 86.9 cm³/mol. The number of carbonyl (C=O) groups is 1. The Bertz CT molecular complexity index is 331. The van der Waals surface area contributed by atoms with Gasteiger partial charge in [0.25, 0.3) is 0 Å². The van der Waals surface area contributed by atoms with E-state index in [0.717, 1.165) is 71.6 Å². The molecule has 0 radical (unpaired) electrons. The highest BCUT2D eigenvalue weighted by molar-refractivity contribution is 5.77. The number of hydrogen-bond donors (Lipinski definition) is 2. The van der Waals surface area contributed by atoms with E-state index in [1.54, 1.807) is 0 Å². The summed E-state index contributed by atoms with van der Waals surface area (Å²) in [6.07, 6.45) is 4.31. The van der Waals surface area contributed by atoms with E-state index in [-0.39, 0.29) is 5.97 Å². The highest BCUT2D eigenvalue weighted by Gasteiger charge is 2.08. The molecule has 3 N–H and O–H groups in total. The van der Waals surface area contributed by atoms with Crippen molar-refractivity contribution in [1.82, 2.24) is 10.2 Å². The number of hydrogen-bond acceptors (Lipinski definition) is 5. The lowest BCUT2D eigenvalue weighted by molar-refractivity contribution is -0.140. The smallest absolute Gasteiger partial charge is 0.305 e. The number of nitrogens with zero attached hydrogens (tertiary/aromatic N) is 2. The van der Waals surface area contributed by atoms with Gasteiger partial charge in [-0.3, -0.25) is 14.7 Å². The van der Waals surface area contributed by atoms with Crippen LogP contribution in [0, 0.1) is 0 Å².